The van der Waals surface area contributed by atoms with Gasteiger partial charge in [-0.2, -0.15) is 0 Å². The quantitative estimate of drug-likeness (QED) is 0.504. The largest absolute Gasteiger partial charge is 0.368 e. The summed E-state index contributed by atoms with van der Waals surface area (Å²) >= 11 is 0. The predicted octanol–water partition coefficient (Wildman–Crippen LogP) is -0.581. The molecule has 0 saturated carbocycles. The SMILES string of the molecule is OC1C=c2ccccc2=N1. The molecular weight excluding hydrogens is 126 g/mol. The van der Waals surface area contributed by atoms with Crippen molar-refractivity contribution in [3.63, 3.8) is 0 Å². The number of benzene rings is 1. The molecule has 1 aromatic rings. The van der Waals surface area contributed by atoms with Gasteiger partial charge in [0.25, 0.3) is 0 Å². The van der Waals surface area contributed by atoms with Crippen LogP contribution in [0.25, 0.3) is 6.08 Å². The van der Waals surface area contributed by atoms with E-state index >= 15 is 0 Å². The van der Waals surface area contributed by atoms with Gasteiger partial charge in [-0.25, -0.2) is 4.99 Å². The molecule has 0 radical (unpaired) electrons. The van der Waals surface area contributed by atoms with Gasteiger partial charge in [0.1, 0.15) is 0 Å². The first-order valence-electron chi connectivity index (χ1n) is 3.19. The van der Waals surface area contributed by atoms with E-state index in [2.05, 4.69) is 4.99 Å². The molecule has 1 atom stereocenters. The number of aliphatic hydroxyl groups excluding tert-OH is 1. The summed E-state index contributed by atoms with van der Waals surface area (Å²) in [5, 5.41) is 10.9. The Bertz CT molecular complexity index is 321. The average molecular weight is 133 g/mol. The molecule has 1 aliphatic rings. The molecule has 1 aromatic carbocycles. The first kappa shape index (κ1) is 5.62. The van der Waals surface area contributed by atoms with Crippen LogP contribution in [-0.4, -0.2) is 11.3 Å². The molecule has 0 aromatic heterocycles. The van der Waals surface area contributed by atoms with E-state index < -0.39 is 6.23 Å². The van der Waals surface area contributed by atoms with Crippen LogP contribution in [0.2, 0.25) is 0 Å². The third-order valence-electron chi connectivity index (χ3n) is 1.54. The second-order valence-electron chi connectivity index (χ2n) is 2.27. The molecule has 0 aliphatic carbocycles. The van der Waals surface area contributed by atoms with Crippen LogP contribution in [0, 0.1) is 0 Å². The van der Waals surface area contributed by atoms with Gasteiger partial charge < -0.3 is 5.11 Å². The number of nitrogens with zero attached hydrogens (tertiary/aromatic N) is 1. The van der Waals surface area contributed by atoms with E-state index in [4.69, 9.17) is 5.11 Å². The number of fused-ring (bicyclic) bond motifs is 1. The first-order valence-corrected chi connectivity index (χ1v) is 3.19. The van der Waals surface area contributed by atoms with Crippen molar-refractivity contribution in [3.8, 4) is 0 Å². The van der Waals surface area contributed by atoms with Crippen LogP contribution in [0.4, 0.5) is 0 Å². The number of hydrogen-bond acceptors (Lipinski definition) is 2. The van der Waals surface area contributed by atoms with Gasteiger partial charge in [-0.3, -0.25) is 0 Å². The topological polar surface area (TPSA) is 32.6 Å². The summed E-state index contributed by atoms with van der Waals surface area (Å²) in [5.74, 6) is 0. The van der Waals surface area contributed by atoms with Crippen LogP contribution in [0.5, 0.6) is 0 Å². The number of hydrogen-bond donors (Lipinski definition) is 1. The van der Waals surface area contributed by atoms with E-state index in [1.54, 1.807) is 6.08 Å². The van der Waals surface area contributed by atoms with Gasteiger partial charge >= 0.3 is 0 Å². The van der Waals surface area contributed by atoms with Gasteiger partial charge in [0.05, 0.1) is 5.36 Å². The van der Waals surface area contributed by atoms with E-state index in [-0.39, 0.29) is 0 Å². The molecule has 1 N–H and O–H groups in total. The monoisotopic (exact) mass is 133 g/mol. The Balaban J connectivity index is 2.83. The molecule has 1 aliphatic heterocycles. The van der Waals surface area contributed by atoms with E-state index in [0.29, 0.717) is 0 Å². The van der Waals surface area contributed by atoms with Crippen molar-refractivity contribution in [2.24, 2.45) is 4.99 Å². The first-order chi connectivity index (χ1) is 4.86. The second kappa shape index (κ2) is 1.92. The highest BCUT2D eigenvalue weighted by Crippen LogP contribution is 1.88. The van der Waals surface area contributed by atoms with Gasteiger partial charge in [-0.1, -0.05) is 18.2 Å². The maximum atomic E-state index is 9.03. The summed E-state index contributed by atoms with van der Waals surface area (Å²) in [6, 6.07) is 7.67. The number of para-hydroxylation sites is 1. The number of rotatable bonds is 0. The average Bonchev–Trinajstić information content (AvgIpc) is 2.27. The molecule has 0 fully saturated rings. The zero-order valence-corrected chi connectivity index (χ0v) is 5.36. The Morgan fingerprint density at radius 1 is 1.30 bits per heavy atom. The van der Waals surface area contributed by atoms with Crippen molar-refractivity contribution >= 4 is 6.08 Å². The van der Waals surface area contributed by atoms with E-state index in [1.165, 1.54) is 0 Å². The van der Waals surface area contributed by atoms with Crippen LogP contribution in [0.1, 0.15) is 0 Å². The zero-order chi connectivity index (χ0) is 6.97. The maximum Gasteiger partial charge on any atom is 0.165 e. The fourth-order valence-corrected chi connectivity index (χ4v) is 1.09. The summed E-state index contributed by atoms with van der Waals surface area (Å²) in [6.07, 6.45) is 1.10. The van der Waals surface area contributed by atoms with Crippen LogP contribution in [0.15, 0.2) is 29.3 Å². The summed E-state index contributed by atoms with van der Waals surface area (Å²) in [5.41, 5.74) is 0. The lowest BCUT2D eigenvalue weighted by molar-refractivity contribution is 0.248. The number of aliphatic hydroxyl groups is 1. The second-order valence-corrected chi connectivity index (χ2v) is 2.27. The van der Waals surface area contributed by atoms with Crippen molar-refractivity contribution in [1.82, 2.24) is 0 Å². The Kier molecular flexibility index (Phi) is 1.08. The smallest absolute Gasteiger partial charge is 0.165 e. The molecule has 2 heteroatoms. The zero-order valence-electron chi connectivity index (χ0n) is 5.36. The highest BCUT2D eigenvalue weighted by molar-refractivity contribution is 5.31. The van der Waals surface area contributed by atoms with Crippen molar-refractivity contribution in [2.75, 3.05) is 0 Å². The molecule has 0 bridgehead atoms. The van der Waals surface area contributed by atoms with E-state index in [0.717, 1.165) is 10.6 Å². The Morgan fingerprint density at radius 2 is 2.10 bits per heavy atom. The fraction of sp³-hybridized carbons (Fsp3) is 0.125. The Hall–Kier alpha value is -1.15. The molecule has 50 valence electrons. The van der Waals surface area contributed by atoms with Crippen molar-refractivity contribution in [2.45, 2.75) is 6.23 Å². The third kappa shape index (κ3) is 0.736. The lowest BCUT2D eigenvalue weighted by Crippen LogP contribution is -2.19. The normalized spacial score (nSPS) is 21.1. The van der Waals surface area contributed by atoms with Crippen LogP contribution in [0.3, 0.4) is 0 Å². The minimum Gasteiger partial charge on any atom is -0.368 e. The standard InChI is InChI=1S/C8H7NO/c10-8-5-6-3-1-2-4-7(6)9-8/h1-5,8,10H. The fourth-order valence-electron chi connectivity index (χ4n) is 1.09. The highest BCUT2D eigenvalue weighted by atomic mass is 16.3. The summed E-state index contributed by atoms with van der Waals surface area (Å²) in [4.78, 5) is 3.95. The minimum atomic E-state index is -0.627. The van der Waals surface area contributed by atoms with Crippen molar-refractivity contribution < 1.29 is 5.11 Å². The highest BCUT2D eigenvalue weighted by Gasteiger charge is 2.00. The van der Waals surface area contributed by atoms with Gasteiger partial charge in [-0.05, 0) is 12.1 Å². The molecule has 0 saturated heterocycles. The predicted molar refractivity (Wildman–Crippen MR) is 37.7 cm³/mol. The summed E-state index contributed by atoms with van der Waals surface area (Å²) < 4.78 is 0. The summed E-state index contributed by atoms with van der Waals surface area (Å²) in [7, 11) is 0. The van der Waals surface area contributed by atoms with Crippen LogP contribution < -0.4 is 10.6 Å². The molecule has 0 spiro atoms. The molecule has 2 nitrogen and oxygen atoms in total. The van der Waals surface area contributed by atoms with Crippen molar-refractivity contribution in [3.05, 3.63) is 34.8 Å². The van der Waals surface area contributed by atoms with Gasteiger partial charge in [0.15, 0.2) is 6.23 Å². The lowest BCUT2D eigenvalue weighted by atomic mass is 10.3. The van der Waals surface area contributed by atoms with Crippen LogP contribution in [-0.2, 0) is 0 Å². The molecule has 1 unspecified atom stereocenters. The molecule has 0 amide bonds. The molecule has 10 heavy (non-hydrogen) atoms. The van der Waals surface area contributed by atoms with Gasteiger partial charge in [-0.15, -0.1) is 0 Å². The maximum absolute atomic E-state index is 9.03. The van der Waals surface area contributed by atoms with Gasteiger partial charge in [0.2, 0.25) is 0 Å². The molecule has 1 heterocycles. The van der Waals surface area contributed by atoms with E-state index in [1.807, 2.05) is 24.3 Å². The van der Waals surface area contributed by atoms with Crippen LogP contribution >= 0.6 is 0 Å². The van der Waals surface area contributed by atoms with E-state index in [9.17, 15) is 0 Å². The summed E-state index contributed by atoms with van der Waals surface area (Å²) in [6.45, 7) is 0. The third-order valence-corrected chi connectivity index (χ3v) is 1.54. The Morgan fingerprint density at radius 3 is 2.90 bits per heavy atom. The molecular formula is C8H7NO. The minimum absolute atomic E-state index is 0.627. The van der Waals surface area contributed by atoms with Crippen molar-refractivity contribution in [1.29, 1.82) is 0 Å². The lowest BCUT2D eigenvalue weighted by Gasteiger charge is -1.85. The van der Waals surface area contributed by atoms with Gasteiger partial charge in [0, 0.05) is 5.22 Å². The Labute approximate surface area is 58.2 Å². The molecule has 2 rings (SSSR count).